The third-order valence-corrected chi connectivity index (χ3v) is 4.73. The van der Waals surface area contributed by atoms with Gasteiger partial charge in [-0.2, -0.15) is 0 Å². The molecule has 1 aromatic rings. The van der Waals surface area contributed by atoms with Gasteiger partial charge in [0.1, 0.15) is 11.9 Å². The van der Waals surface area contributed by atoms with Crippen LogP contribution in [-0.2, 0) is 4.74 Å². The zero-order valence-electron chi connectivity index (χ0n) is 11.2. The van der Waals surface area contributed by atoms with Crippen molar-refractivity contribution in [2.24, 2.45) is 5.92 Å². The highest BCUT2D eigenvalue weighted by Gasteiger charge is 2.33. The fraction of sp³-hybridized carbons (Fsp3) is 0.600. The largest absolute Gasteiger partial charge is 0.490 e. The molecule has 1 fully saturated rings. The summed E-state index contributed by atoms with van der Waals surface area (Å²) in [6.07, 6.45) is 3.60. The molecule has 1 aromatic carbocycles. The van der Waals surface area contributed by atoms with E-state index in [0.29, 0.717) is 18.1 Å². The number of halogens is 1. The minimum Gasteiger partial charge on any atom is -0.490 e. The number of hydrogen-bond donors (Lipinski definition) is 1. The van der Waals surface area contributed by atoms with Crippen molar-refractivity contribution in [3.8, 4) is 5.75 Å². The van der Waals surface area contributed by atoms with Gasteiger partial charge in [-0.25, -0.2) is 0 Å². The molecule has 2 heterocycles. The van der Waals surface area contributed by atoms with E-state index in [2.05, 4.69) is 39.4 Å². The zero-order chi connectivity index (χ0) is 13.2. The van der Waals surface area contributed by atoms with Crippen LogP contribution in [0.3, 0.4) is 0 Å². The molecule has 0 radical (unpaired) electrons. The molecule has 0 aliphatic carbocycles. The van der Waals surface area contributed by atoms with Crippen LogP contribution in [0.2, 0.25) is 0 Å². The molecular weight excluding hydrogens is 306 g/mol. The van der Waals surface area contributed by atoms with Crippen molar-refractivity contribution < 1.29 is 9.47 Å². The quantitative estimate of drug-likeness (QED) is 0.905. The van der Waals surface area contributed by atoms with Gasteiger partial charge in [-0.1, -0.05) is 15.9 Å². The average Bonchev–Trinajstić information content (AvgIpc) is 2.47. The SMILES string of the molecule is CNC1CC(C2CCOCC2)Oc2ccc(Br)cc21. The van der Waals surface area contributed by atoms with Gasteiger partial charge in [0, 0.05) is 41.6 Å². The third-order valence-electron chi connectivity index (χ3n) is 4.23. The topological polar surface area (TPSA) is 30.5 Å². The highest BCUT2D eigenvalue weighted by molar-refractivity contribution is 9.10. The van der Waals surface area contributed by atoms with E-state index >= 15 is 0 Å². The first-order valence-electron chi connectivity index (χ1n) is 6.99. The maximum Gasteiger partial charge on any atom is 0.124 e. The van der Waals surface area contributed by atoms with Crippen LogP contribution in [0, 0.1) is 5.92 Å². The number of hydrogen-bond acceptors (Lipinski definition) is 3. The Kier molecular flexibility index (Phi) is 4.10. The fourth-order valence-electron chi connectivity index (χ4n) is 3.12. The van der Waals surface area contributed by atoms with E-state index in [9.17, 15) is 0 Å². The molecule has 104 valence electrons. The molecule has 3 nitrogen and oxygen atoms in total. The summed E-state index contributed by atoms with van der Waals surface area (Å²) in [5.74, 6) is 1.66. The maximum atomic E-state index is 6.24. The Labute approximate surface area is 122 Å². The second kappa shape index (κ2) is 5.81. The second-order valence-corrected chi connectivity index (χ2v) is 6.28. The molecule has 2 aliphatic heterocycles. The van der Waals surface area contributed by atoms with Crippen LogP contribution in [0.4, 0.5) is 0 Å². The Hall–Kier alpha value is -0.580. The zero-order valence-corrected chi connectivity index (χ0v) is 12.8. The first-order valence-corrected chi connectivity index (χ1v) is 7.78. The molecule has 0 saturated carbocycles. The van der Waals surface area contributed by atoms with Gasteiger partial charge in [-0.3, -0.25) is 0 Å². The van der Waals surface area contributed by atoms with Crippen LogP contribution in [0.15, 0.2) is 22.7 Å². The lowest BCUT2D eigenvalue weighted by Crippen LogP contribution is -2.38. The predicted molar refractivity (Wildman–Crippen MR) is 78.5 cm³/mol. The van der Waals surface area contributed by atoms with E-state index in [1.807, 2.05) is 7.05 Å². The van der Waals surface area contributed by atoms with Crippen LogP contribution in [0.1, 0.15) is 30.9 Å². The molecule has 1 N–H and O–H groups in total. The molecule has 0 spiro atoms. The summed E-state index contributed by atoms with van der Waals surface area (Å²) in [5.41, 5.74) is 1.26. The lowest BCUT2D eigenvalue weighted by atomic mass is 9.86. The van der Waals surface area contributed by atoms with Crippen LogP contribution in [-0.4, -0.2) is 26.4 Å². The Morgan fingerprint density at radius 1 is 1.26 bits per heavy atom. The highest BCUT2D eigenvalue weighted by atomic mass is 79.9. The molecule has 2 unspecified atom stereocenters. The Balaban J connectivity index is 1.83. The Bertz CT molecular complexity index is 446. The number of nitrogens with one attached hydrogen (secondary N) is 1. The van der Waals surface area contributed by atoms with Crippen molar-refractivity contribution >= 4 is 15.9 Å². The highest BCUT2D eigenvalue weighted by Crippen LogP contribution is 2.39. The van der Waals surface area contributed by atoms with Crippen LogP contribution in [0.5, 0.6) is 5.75 Å². The first-order chi connectivity index (χ1) is 9.28. The maximum absolute atomic E-state index is 6.24. The molecule has 1 saturated heterocycles. The standard InChI is InChI=1S/C15H20BrNO2/c1-17-13-9-15(10-4-6-18-7-5-10)19-14-3-2-11(16)8-12(13)14/h2-3,8,10,13,15,17H,4-7,9H2,1H3. The molecule has 0 aromatic heterocycles. The number of benzene rings is 1. The molecule has 19 heavy (non-hydrogen) atoms. The van der Waals surface area contributed by atoms with Gasteiger partial charge < -0.3 is 14.8 Å². The number of ether oxygens (including phenoxy) is 2. The molecule has 0 bridgehead atoms. The number of rotatable bonds is 2. The number of fused-ring (bicyclic) bond motifs is 1. The van der Waals surface area contributed by atoms with Gasteiger partial charge >= 0.3 is 0 Å². The minimum absolute atomic E-state index is 0.315. The summed E-state index contributed by atoms with van der Waals surface area (Å²) >= 11 is 3.54. The molecule has 0 amide bonds. The molecule has 2 atom stereocenters. The monoisotopic (exact) mass is 325 g/mol. The molecule has 2 aliphatic rings. The van der Waals surface area contributed by atoms with Gasteiger partial charge in [0.05, 0.1) is 0 Å². The smallest absolute Gasteiger partial charge is 0.124 e. The van der Waals surface area contributed by atoms with Crippen molar-refractivity contribution in [1.29, 1.82) is 0 Å². The summed E-state index contributed by atoms with van der Waals surface area (Å²) in [5, 5.41) is 3.42. The van der Waals surface area contributed by atoms with Gasteiger partial charge in [-0.15, -0.1) is 0 Å². The van der Waals surface area contributed by atoms with Crippen LogP contribution in [0.25, 0.3) is 0 Å². The predicted octanol–water partition coefficient (Wildman–Crippen LogP) is 3.29. The Morgan fingerprint density at radius 3 is 2.79 bits per heavy atom. The summed E-state index contributed by atoms with van der Waals surface area (Å²) in [6.45, 7) is 1.75. The van der Waals surface area contributed by atoms with Crippen molar-refractivity contribution in [3.05, 3.63) is 28.2 Å². The van der Waals surface area contributed by atoms with Gasteiger partial charge in [0.25, 0.3) is 0 Å². The summed E-state index contributed by atoms with van der Waals surface area (Å²) in [6, 6.07) is 6.68. The third kappa shape index (κ3) is 2.81. The van der Waals surface area contributed by atoms with Crippen LogP contribution >= 0.6 is 15.9 Å². The van der Waals surface area contributed by atoms with Crippen LogP contribution < -0.4 is 10.1 Å². The van der Waals surface area contributed by atoms with Crippen molar-refractivity contribution in [2.75, 3.05) is 20.3 Å². The van der Waals surface area contributed by atoms with E-state index in [0.717, 1.165) is 42.7 Å². The lowest BCUT2D eigenvalue weighted by Gasteiger charge is -2.37. The first kappa shape index (κ1) is 13.4. The van der Waals surface area contributed by atoms with Crippen molar-refractivity contribution in [2.45, 2.75) is 31.4 Å². The van der Waals surface area contributed by atoms with Gasteiger partial charge in [0.15, 0.2) is 0 Å². The van der Waals surface area contributed by atoms with Crippen molar-refractivity contribution in [1.82, 2.24) is 5.32 Å². The molecule has 3 rings (SSSR count). The van der Waals surface area contributed by atoms with E-state index in [-0.39, 0.29) is 0 Å². The van der Waals surface area contributed by atoms with Gasteiger partial charge in [0.2, 0.25) is 0 Å². The normalized spacial score (nSPS) is 27.7. The summed E-state index contributed by atoms with van der Waals surface area (Å²) in [4.78, 5) is 0. The Morgan fingerprint density at radius 2 is 2.05 bits per heavy atom. The second-order valence-electron chi connectivity index (χ2n) is 5.37. The summed E-state index contributed by atoms with van der Waals surface area (Å²) < 4.78 is 12.8. The van der Waals surface area contributed by atoms with Gasteiger partial charge in [-0.05, 0) is 38.1 Å². The molecule has 4 heteroatoms. The minimum atomic E-state index is 0.315. The van der Waals surface area contributed by atoms with E-state index < -0.39 is 0 Å². The van der Waals surface area contributed by atoms with E-state index in [4.69, 9.17) is 9.47 Å². The van der Waals surface area contributed by atoms with Crippen molar-refractivity contribution in [3.63, 3.8) is 0 Å². The molecular formula is C15H20BrNO2. The summed E-state index contributed by atoms with van der Waals surface area (Å²) in [7, 11) is 2.03. The van der Waals surface area contributed by atoms with E-state index in [1.165, 1.54) is 5.56 Å². The fourth-order valence-corrected chi connectivity index (χ4v) is 3.50. The lowest BCUT2D eigenvalue weighted by molar-refractivity contribution is 0.00569. The van der Waals surface area contributed by atoms with E-state index in [1.54, 1.807) is 0 Å². The average molecular weight is 326 g/mol.